The van der Waals surface area contributed by atoms with Crippen LogP contribution in [0.1, 0.15) is 15.9 Å². The van der Waals surface area contributed by atoms with Crippen molar-refractivity contribution >= 4 is 22.6 Å². The summed E-state index contributed by atoms with van der Waals surface area (Å²) in [6, 6.07) is 4.85. The Hall–Kier alpha value is -1.34. The minimum absolute atomic E-state index is 0.328. The molecule has 0 fully saturated rings. The van der Waals surface area contributed by atoms with Crippen LogP contribution in [0.2, 0.25) is 0 Å². The maximum atomic E-state index is 12.0. The highest BCUT2D eigenvalue weighted by molar-refractivity contribution is 8.27. The van der Waals surface area contributed by atoms with Gasteiger partial charge in [-0.25, -0.2) is 5.06 Å². The second-order valence-electron chi connectivity index (χ2n) is 3.60. The van der Waals surface area contributed by atoms with Crippen molar-refractivity contribution in [3.63, 3.8) is 0 Å². The maximum absolute atomic E-state index is 12.0. The summed E-state index contributed by atoms with van der Waals surface area (Å²) in [5.41, 5.74) is 0.932. The number of amides is 1. The van der Waals surface area contributed by atoms with Crippen molar-refractivity contribution in [2.45, 2.75) is 4.90 Å². The Balaban J connectivity index is 2.49. The summed E-state index contributed by atoms with van der Waals surface area (Å²) in [6.07, 6.45) is 1.56. The van der Waals surface area contributed by atoms with E-state index < -0.39 is 10.6 Å². The van der Waals surface area contributed by atoms with Gasteiger partial charge in [-0.05, 0) is 18.2 Å². The molecule has 5 nitrogen and oxygen atoms in total. The van der Waals surface area contributed by atoms with E-state index in [1.165, 1.54) is 19.6 Å². The highest BCUT2D eigenvalue weighted by atomic mass is 32.3. The molecule has 0 saturated carbocycles. The molecule has 92 valence electrons. The van der Waals surface area contributed by atoms with Crippen molar-refractivity contribution in [2.75, 3.05) is 14.2 Å². The summed E-state index contributed by atoms with van der Waals surface area (Å²) >= 11 is 0. The molecule has 0 aromatic heterocycles. The number of nitrogens with zero attached hydrogens (tertiary/aromatic N) is 1. The zero-order valence-electron chi connectivity index (χ0n) is 9.45. The predicted molar refractivity (Wildman–Crippen MR) is 65.7 cm³/mol. The molecule has 0 bridgehead atoms. The van der Waals surface area contributed by atoms with E-state index in [0.717, 1.165) is 5.06 Å². The molecule has 1 aliphatic rings. The number of rotatable bonds is 2. The lowest BCUT2D eigenvalue weighted by Gasteiger charge is -2.26. The zero-order chi connectivity index (χ0) is 12.6. The fourth-order valence-corrected chi connectivity index (χ4v) is 2.91. The second kappa shape index (κ2) is 4.15. The molecule has 6 heteroatoms. The fourth-order valence-electron chi connectivity index (χ4n) is 1.65. The standard InChI is InChI=1S/C11H13NO4S/c1-12(16-2)11(13)9-4-3-5-10-8(9)6-7-17(10,14)15/h3-7,14-15H,1-2H3. The Labute approximate surface area is 101 Å². The number of carbonyl (C=O) groups is 1. The minimum atomic E-state index is -2.89. The Morgan fingerprint density at radius 2 is 2.12 bits per heavy atom. The summed E-state index contributed by atoms with van der Waals surface area (Å²) < 4.78 is 19.5. The Morgan fingerprint density at radius 1 is 1.41 bits per heavy atom. The smallest absolute Gasteiger partial charge is 0.277 e. The van der Waals surface area contributed by atoms with Gasteiger partial charge in [-0.2, -0.15) is 0 Å². The van der Waals surface area contributed by atoms with Gasteiger partial charge in [0.25, 0.3) is 5.91 Å². The molecule has 0 atom stereocenters. The van der Waals surface area contributed by atoms with E-state index in [-0.39, 0.29) is 5.91 Å². The molecule has 1 heterocycles. The number of hydrogen-bond donors (Lipinski definition) is 2. The largest absolute Gasteiger partial charge is 0.291 e. The Morgan fingerprint density at radius 3 is 2.76 bits per heavy atom. The normalized spacial score (nSPS) is 17.6. The SMILES string of the molecule is CON(C)C(=O)c1cccc2c1C=CS2(O)O. The van der Waals surface area contributed by atoms with Gasteiger partial charge in [-0.1, -0.05) is 6.07 Å². The fraction of sp³-hybridized carbons (Fsp3) is 0.182. The molecule has 1 amide bonds. The van der Waals surface area contributed by atoms with Crippen LogP contribution >= 0.6 is 10.6 Å². The van der Waals surface area contributed by atoms with Crippen molar-refractivity contribution in [3.05, 3.63) is 34.7 Å². The van der Waals surface area contributed by atoms with Crippen LogP contribution in [0.4, 0.5) is 0 Å². The van der Waals surface area contributed by atoms with Crippen LogP contribution in [0.5, 0.6) is 0 Å². The molecular formula is C11H13NO4S. The Bertz CT molecular complexity index is 498. The first-order valence-electron chi connectivity index (χ1n) is 4.89. The summed E-state index contributed by atoms with van der Waals surface area (Å²) in [5, 5.41) is 2.41. The van der Waals surface area contributed by atoms with Gasteiger partial charge in [0.2, 0.25) is 0 Å². The van der Waals surface area contributed by atoms with Crippen molar-refractivity contribution in [3.8, 4) is 0 Å². The van der Waals surface area contributed by atoms with Crippen LogP contribution in [0, 0.1) is 0 Å². The average Bonchev–Trinajstić information content (AvgIpc) is 2.64. The third-order valence-electron chi connectivity index (χ3n) is 2.60. The molecule has 0 spiro atoms. The molecule has 0 saturated heterocycles. The number of benzene rings is 1. The number of hydroxylamine groups is 2. The van der Waals surface area contributed by atoms with Crippen LogP contribution in [0.15, 0.2) is 28.5 Å². The second-order valence-corrected chi connectivity index (χ2v) is 5.50. The first kappa shape index (κ1) is 12.1. The quantitative estimate of drug-likeness (QED) is 0.796. The van der Waals surface area contributed by atoms with E-state index in [9.17, 15) is 13.9 Å². The van der Waals surface area contributed by atoms with E-state index in [0.29, 0.717) is 16.0 Å². The lowest BCUT2D eigenvalue weighted by atomic mass is 10.1. The van der Waals surface area contributed by atoms with Crippen molar-refractivity contribution in [2.24, 2.45) is 0 Å². The molecule has 1 aromatic carbocycles. The zero-order valence-corrected chi connectivity index (χ0v) is 10.3. The van der Waals surface area contributed by atoms with Gasteiger partial charge in [-0.15, -0.1) is 10.6 Å². The van der Waals surface area contributed by atoms with Gasteiger partial charge < -0.3 is 0 Å². The number of carbonyl (C=O) groups excluding carboxylic acids is 1. The van der Waals surface area contributed by atoms with E-state index in [1.54, 1.807) is 24.3 Å². The summed E-state index contributed by atoms with van der Waals surface area (Å²) in [6.45, 7) is 0. The van der Waals surface area contributed by atoms with Crippen molar-refractivity contribution in [1.29, 1.82) is 0 Å². The lowest BCUT2D eigenvalue weighted by molar-refractivity contribution is -0.0757. The van der Waals surface area contributed by atoms with E-state index >= 15 is 0 Å². The van der Waals surface area contributed by atoms with Gasteiger partial charge in [0.05, 0.1) is 17.6 Å². The lowest BCUT2D eigenvalue weighted by Crippen LogP contribution is -2.26. The van der Waals surface area contributed by atoms with Crippen molar-refractivity contribution in [1.82, 2.24) is 5.06 Å². The van der Waals surface area contributed by atoms with Gasteiger partial charge in [-0.3, -0.25) is 18.7 Å². The third kappa shape index (κ3) is 1.96. The molecule has 1 aromatic rings. The summed E-state index contributed by atoms with van der Waals surface area (Å²) in [4.78, 5) is 17.2. The highest BCUT2D eigenvalue weighted by Gasteiger charge is 2.26. The monoisotopic (exact) mass is 255 g/mol. The first-order chi connectivity index (χ1) is 7.97. The van der Waals surface area contributed by atoms with Crippen LogP contribution in [-0.4, -0.2) is 34.2 Å². The molecule has 0 aliphatic carbocycles. The molecule has 0 radical (unpaired) electrons. The highest BCUT2D eigenvalue weighted by Crippen LogP contribution is 2.56. The van der Waals surface area contributed by atoms with Crippen LogP contribution in [-0.2, 0) is 4.84 Å². The number of hydrogen-bond acceptors (Lipinski definition) is 4. The van der Waals surface area contributed by atoms with Gasteiger partial charge in [0, 0.05) is 18.0 Å². The molecule has 2 rings (SSSR count). The summed E-state index contributed by atoms with van der Waals surface area (Å²) in [5.74, 6) is -0.328. The molecule has 0 unspecified atom stereocenters. The van der Waals surface area contributed by atoms with Crippen LogP contribution in [0.25, 0.3) is 6.08 Å². The predicted octanol–water partition coefficient (Wildman–Crippen LogP) is 2.41. The first-order valence-corrected chi connectivity index (χ1v) is 6.50. The minimum Gasteiger partial charge on any atom is -0.291 e. The van der Waals surface area contributed by atoms with Crippen molar-refractivity contribution < 1.29 is 18.7 Å². The van der Waals surface area contributed by atoms with Gasteiger partial charge in [0.15, 0.2) is 0 Å². The van der Waals surface area contributed by atoms with Gasteiger partial charge in [0.1, 0.15) is 0 Å². The van der Waals surface area contributed by atoms with Crippen LogP contribution < -0.4 is 0 Å². The average molecular weight is 255 g/mol. The summed E-state index contributed by atoms with van der Waals surface area (Å²) in [7, 11) is 0.00564. The van der Waals surface area contributed by atoms with E-state index in [4.69, 9.17) is 4.84 Å². The van der Waals surface area contributed by atoms with Crippen LogP contribution in [0.3, 0.4) is 0 Å². The maximum Gasteiger partial charge on any atom is 0.277 e. The van der Waals surface area contributed by atoms with Gasteiger partial charge >= 0.3 is 0 Å². The van der Waals surface area contributed by atoms with E-state index in [1.807, 2.05) is 0 Å². The topological polar surface area (TPSA) is 70.0 Å². The molecule has 1 aliphatic heterocycles. The number of fused-ring (bicyclic) bond motifs is 1. The molecule has 2 N–H and O–H groups in total. The third-order valence-corrected chi connectivity index (χ3v) is 4.12. The molecule has 17 heavy (non-hydrogen) atoms. The molecular weight excluding hydrogens is 242 g/mol. The Kier molecular flexibility index (Phi) is 2.96. The van der Waals surface area contributed by atoms with E-state index in [2.05, 4.69) is 0 Å².